The van der Waals surface area contributed by atoms with Crippen molar-refractivity contribution < 1.29 is 19.1 Å². The molecule has 0 fully saturated rings. The van der Waals surface area contributed by atoms with Crippen molar-refractivity contribution in [1.82, 2.24) is 4.98 Å². The van der Waals surface area contributed by atoms with Gasteiger partial charge in [-0.05, 0) is 30.3 Å². The Morgan fingerprint density at radius 2 is 2.05 bits per heavy atom. The molecule has 0 bridgehead atoms. The third-order valence-electron chi connectivity index (χ3n) is 2.43. The van der Waals surface area contributed by atoms with Crippen LogP contribution >= 0.6 is 15.9 Å². The molecule has 0 saturated carbocycles. The molecule has 102 valence electrons. The Labute approximate surface area is 121 Å². The number of aromatic carboxylic acids is 1. The highest BCUT2D eigenvalue weighted by atomic mass is 79.9. The third kappa shape index (κ3) is 3.00. The van der Waals surface area contributed by atoms with Crippen LogP contribution in [0.5, 0.6) is 0 Å². The molecule has 2 rings (SSSR count). The fourth-order valence-corrected chi connectivity index (χ4v) is 1.90. The van der Waals surface area contributed by atoms with Gasteiger partial charge in [0.2, 0.25) is 0 Å². The van der Waals surface area contributed by atoms with Gasteiger partial charge in [0, 0.05) is 10.7 Å². The van der Waals surface area contributed by atoms with Gasteiger partial charge in [-0.3, -0.25) is 4.79 Å². The maximum absolute atomic E-state index is 13.6. The van der Waals surface area contributed by atoms with Crippen LogP contribution in [0.25, 0.3) is 0 Å². The molecule has 0 saturated heterocycles. The van der Waals surface area contributed by atoms with Crippen LogP contribution in [0.2, 0.25) is 0 Å². The Morgan fingerprint density at radius 3 is 2.75 bits per heavy atom. The summed E-state index contributed by atoms with van der Waals surface area (Å²) in [5, 5.41) is 11.3. The molecule has 0 aliphatic carbocycles. The first-order chi connectivity index (χ1) is 9.49. The average molecular weight is 339 g/mol. The van der Waals surface area contributed by atoms with Crippen LogP contribution < -0.4 is 5.32 Å². The van der Waals surface area contributed by atoms with Crippen molar-refractivity contribution in [1.29, 1.82) is 0 Å². The number of carboxylic acid groups (broad SMARTS) is 1. The van der Waals surface area contributed by atoms with E-state index in [1.165, 1.54) is 30.5 Å². The van der Waals surface area contributed by atoms with Crippen LogP contribution in [0.3, 0.4) is 0 Å². The number of carbonyl (C=O) groups excluding carboxylic acids is 1. The number of rotatable bonds is 3. The molecular weight excluding hydrogens is 331 g/mol. The Balaban J connectivity index is 2.33. The van der Waals surface area contributed by atoms with E-state index in [0.29, 0.717) is 4.47 Å². The smallest absolute Gasteiger partial charge is 0.356 e. The average Bonchev–Trinajstić information content (AvgIpc) is 2.41. The van der Waals surface area contributed by atoms with Gasteiger partial charge in [0.1, 0.15) is 5.82 Å². The summed E-state index contributed by atoms with van der Waals surface area (Å²) < 4.78 is 14.1. The maximum atomic E-state index is 13.6. The fraction of sp³-hybridized carbons (Fsp3) is 0. The van der Waals surface area contributed by atoms with Gasteiger partial charge in [-0.2, -0.15) is 0 Å². The summed E-state index contributed by atoms with van der Waals surface area (Å²) in [5.41, 5.74) is -0.500. The van der Waals surface area contributed by atoms with E-state index in [-0.39, 0.29) is 16.9 Å². The Kier molecular flexibility index (Phi) is 4.09. The van der Waals surface area contributed by atoms with Crippen molar-refractivity contribution in [3.8, 4) is 0 Å². The molecule has 0 aliphatic heterocycles. The predicted molar refractivity (Wildman–Crippen MR) is 73.2 cm³/mol. The van der Waals surface area contributed by atoms with Crippen LogP contribution in [0, 0.1) is 5.82 Å². The highest BCUT2D eigenvalue weighted by molar-refractivity contribution is 9.10. The van der Waals surface area contributed by atoms with E-state index in [4.69, 9.17) is 5.11 Å². The van der Waals surface area contributed by atoms with Crippen LogP contribution in [0.15, 0.2) is 41.0 Å². The predicted octanol–water partition coefficient (Wildman–Crippen LogP) is 2.93. The van der Waals surface area contributed by atoms with Crippen molar-refractivity contribution in [2.45, 2.75) is 0 Å². The lowest BCUT2D eigenvalue weighted by Crippen LogP contribution is -2.17. The largest absolute Gasteiger partial charge is 0.476 e. The second-order valence-electron chi connectivity index (χ2n) is 3.78. The second kappa shape index (κ2) is 5.79. The first kappa shape index (κ1) is 14.1. The maximum Gasteiger partial charge on any atom is 0.356 e. The lowest BCUT2D eigenvalue weighted by Gasteiger charge is -2.08. The van der Waals surface area contributed by atoms with E-state index in [1.807, 2.05) is 0 Å². The number of nitrogens with zero attached hydrogens (tertiary/aromatic N) is 1. The van der Waals surface area contributed by atoms with Gasteiger partial charge in [-0.25, -0.2) is 14.2 Å². The Morgan fingerprint density at radius 1 is 1.30 bits per heavy atom. The zero-order chi connectivity index (χ0) is 14.7. The summed E-state index contributed by atoms with van der Waals surface area (Å²) in [4.78, 5) is 26.6. The van der Waals surface area contributed by atoms with Crippen molar-refractivity contribution in [2.24, 2.45) is 0 Å². The number of nitrogens with one attached hydrogen (secondary N) is 1. The van der Waals surface area contributed by atoms with Gasteiger partial charge in [-0.1, -0.05) is 15.9 Å². The van der Waals surface area contributed by atoms with Gasteiger partial charge < -0.3 is 10.4 Å². The standard InChI is InChI=1S/C13H8BrFN2O3/c14-7-3-4-9(15)8(6-7)12(18)17-10-2-1-5-16-11(10)13(19)20/h1-6H,(H,17,18)(H,19,20). The minimum atomic E-state index is -1.28. The first-order valence-corrected chi connectivity index (χ1v) is 6.23. The number of aromatic nitrogens is 1. The van der Waals surface area contributed by atoms with Gasteiger partial charge in [0.05, 0.1) is 11.3 Å². The normalized spacial score (nSPS) is 10.1. The van der Waals surface area contributed by atoms with E-state index < -0.39 is 17.7 Å². The van der Waals surface area contributed by atoms with Crippen LogP contribution in [-0.4, -0.2) is 22.0 Å². The number of carbonyl (C=O) groups is 2. The summed E-state index contributed by atoms with van der Waals surface area (Å²) in [6.45, 7) is 0. The molecule has 0 atom stereocenters. The van der Waals surface area contributed by atoms with Crippen LogP contribution in [-0.2, 0) is 0 Å². The molecule has 0 radical (unpaired) electrons. The van der Waals surface area contributed by atoms with E-state index in [0.717, 1.165) is 6.07 Å². The van der Waals surface area contributed by atoms with Gasteiger partial charge >= 0.3 is 5.97 Å². The summed E-state index contributed by atoms with van der Waals surface area (Å²) in [6, 6.07) is 6.75. The number of anilines is 1. The van der Waals surface area contributed by atoms with Crippen LogP contribution in [0.1, 0.15) is 20.8 Å². The number of hydrogen-bond acceptors (Lipinski definition) is 3. The Hall–Kier alpha value is -2.28. The SMILES string of the molecule is O=C(Nc1cccnc1C(=O)O)c1cc(Br)ccc1F. The molecular formula is C13H8BrFN2O3. The molecule has 1 aromatic carbocycles. The molecule has 7 heteroatoms. The quantitative estimate of drug-likeness (QED) is 0.901. The number of halogens is 2. The summed E-state index contributed by atoms with van der Waals surface area (Å²) in [5.74, 6) is -2.73. The highest BCUT2D eigenvalue weighted by Crippen LogP contribution is 2.18. The van der Waals surface area contributed by atoms with Gasteiger partial charge in [0.25, 0.3) is 5.91 Å². The summed E-state index contributed by atoms with van der Waals surface area (Å²) >= 11 is 3.13. The third-order valence-corrected chi connectivity index (χ3v) is 2.92. The lowest BCUT2D eigenvalue weighted by molar-refractivity contribution is 0.0692. The van der Waals surface area contributed by atoms with E-state index in [1.54, 1.807) is 0 Å². The summed E-state index contributed by atoms with van der Waals surface area (Å²) in [6.07, 6.45) is 1.29. The number of carboxylic acids is 1. The highest BCUT2D eigenvalue weighted by Gasteiger charge is 2.17. The molecule has 1 aromatic heterocycles. The minimum Gasteiger partial charge on any atom is -0.476 e. The number of hydrogen-bond donors (Lipinski definition) is 2. The monoisotopic (exact) mass is 338 g/mol. The van der Waals surface area contributed by atoms with Gasteiger partial charge in [-0.15, -0.1) is 0 Å². The lowest BCUT2D eigenvalue weighted by atomic mass is 10.2. The molecule has 0 aliphatic rings. The number of benzene rings is 1. The molecule has 1 amide bonds. The molecule has 20 heavy (non-hydrogen) atoms. The van der Waals surface area contributed by atoms with Crippen molar-refractivity contribution in [2.75, 3.05) is 5.32 Å². The molecule has 1 heterocycles. The van der Waals surface area contributed by atoms with E-state index in [9.17, 15) is 14.0 Å². The van der Waals surface area contributed by atoms with Crippen molar-refractivity contribution in [3.63, 3.8) is 0 Å². The molecule has 0 unspecified atom stereocenters. The zero-order valence-corrected chi connectivity index (χ0v) is 11.5. The Bertz CT molecular complexity index is 691. The fourth-order valence-electron chi connectivity index (χ4n) is 1.54. The molecule has 2 N–H and O–H groups in total. The number of pyridine rings is 1. The second-order valence-corrected chi connectivity index (χ2v) is 4.70. The topological polar surface area (TPSA) is 79.3 Å². The van der Waals surface area contributed by atoms with E-state index in [2.05, 4.69) is 26.2 Å². The van der Waals surface area contributed by atoms with Crippen LogP contribution in [0.4, 0.5) is 10.1 Å². The van der Waals surface area contributed by atoms with Crippen molar-refractivity contribution in [3.05, 3.63) is 58.1 Å². The number of amides is 1. The first-order valence-electron chi connectivity index (χ1n) is 5.44. The minimum absolute atomic E-state index is 0.00405. The zero-order valence-electron chi connectivity index (χ0n) is 9.93. The molecule has 0 spiro atoms. The van der Waals surface area contributed by atoms with Gasteiger partial charge in [0.15, 0.2) is 5.69 Å². The van der Waals surface area contributed by atoms with Crippen molar-refractivity contribution >= 4 is 33.5 Å². The summed E-state index contributed by atoms with van der Waals surface area (Å²) in [7, 11) is 0. The van der Waals surface area contributed by atoms with E-state index >= 15 is 0 Å². The molecule has 5 nitrogen and oxygen atoms in total. The molecule has 2 aromatic rings.